The minimum Gasteiger partial charge on any atom is -0.486 e. The first kappa shape index (κ1) is 13.8. The Kier molecular flexibility index (Phi) is 4.97. The van der Waals surface area contributed by atoms with E-state index >= 15 is 0 Å². The van der Waals surface area contributed by atoms with Gasteiger partial charge in [-0.1, -0.05) is 6.92 Å². The molecule has 1 aliphatic rings. The van der Waals surface area contributed by atoms with Crippen LogP contribution in [0.3, 0.4) is 0 Å². The number of ether oxygens (including phenoxy) is 2. The zero-order valence-corrected chi connectivity index (χ0v) is 12.3. The van der Waals surface area contributed by atoms with Crippen LogP contribution in [-0.4, -0.2) is 36.9 Å². The van der Waals surface area contributed by atoms with Gasteiger partial charge in [0.1, 0.15) is 18.0 Å². The second-order valence-corrected chi connectivity index (χ2v) is 5.41. The van der Waals surface area contributed by atoms with Gasteiger partial charge in [-0.2, -0.15) is 0 Å². The fourth-order valence-corrected chi connectivity index (χ4v) is 2.52. The SMILES string of the molecule is CCCNC1CC(Oc2cncc(Br)c2)C1OC. The Morgan fingerprint density at radius 1 is 1.50 bits per heavy atom. The number of pyridine rings is 1. The van der Waals surface area contributed by atoms with Crippen LogP contribution < -0.4 is 10.1 Å². The van der Waals surface area contributed by atoms with Crippen LogP contribution in [0, 0.1) is 0 Å². The van der Waals surface area contributed by atoms with Crippen LogP contribution in [0.1, 0.15) is 19.8 Å². The first-order valence-electron chi connectivity index (χ1n) is 6.28. The summed E-state index contributed by atoms with van der Waals surface area (Å²) in [4.78, 5) is 4.09. The van der Waals surface area contributed by atoms with Crippen LogP contribution in [0.5, 0.6) is 5.75 Å². The summed E-state index contributed by atoms with van der Waals surface area (Å²) in [5.74, 6) is 0.783. The smallest absolute Gasteiger partial charge is 0.139 e. The zero-order valence-electron chi connectivity index (χ0n) is 10.7. The maximum atomic E-state index is 5.89. The average molecular weight is 315 g/mol. The van der Waals surface area contributed by atoms with E-state index in [1.165, 1.54) is 0 Å². The largest absolute Gasteiger partial charge is 0.486 e. The monoisotopic (exact) mass is 314 g/mol. The standard InChI is InChI=1S/C13H19BrN2O2/c1-3-4-16-11-6-12(13(11)17-2)18-10-5-9(14)7-15-8-10/h5,7-8,11-13,16H,3-4,6H2,1-2H3. The Hall–Kier alpha value is -0.650. The molecule has 1 saturated carbocycles. The van der Waals surface area contributed by atoms with Crippen molar-refractivity contribution in [3.8, 4) is 5.75 Å². The fourth-order valence-electron chi connectivity index (χ4n) is 2.17. The molecule has 18 heavy (non-hydrogen) atoms. The molecule has 0 radical (unpaired) electrons. The molecule has 1 aromatic heterocycles. The molecular formula is C13H19BrN2O2. The minimum absolute atomic E-state index is 0.112. The molecule has 0 aromatic carbocycles. The van der Waals surface area contributed by atoms with E-state index in [1.807, 2.05) is 6.07 Å². The third-order valence-electron chi connectivity index (χ3n) is 3.15. The highest BCUT2D eigenvalue weighted by atomic mass is 79.9. The Morgan fingerprint density at radius 3 is 3.00 bits per heavy atom. The third-order valence-corrected chi connectivity index (χ3v) is 3.58. The fraction of sp³-hybridized carbons (Fsp3) is 0.615. The second kappa shape index (κ2) is 6.50. The summed E-state index contributed by atoms with van der Waals surface area (Å²) in [6.45, 7) is 3.18. The van der Waals surface area contributed by atoms with Crippen molar-refractivity contribution in [2.24, 2.45) is 0 Å². The number of nitrogens with zero attached hydrogens (tertiary/aromatic N) is 1. The highest BCUT2D eigenvalue weighted by Gasteiger charge is 2.42. The van der Waals surface area contributed by atoms with Gasteiger partial charge in [-0.05, 0) is 35.0 Å². The molecule has 3 unspecified atom stereocenters. The van der Waals surface area contributed by atoms with Crippen LogP contribution in [0.25, 0.3) is 0 Å². The predicted molar refractivity (Wildman–Crippen MR) is 73.8 cm³/mol. The molecule has 0 saturated heterocycles. The molecule has 0 bridgehead atoms. The number of aromatic nitrogens is 1. The molecule has 3 atom stereocenters. The number of nitrogens with one attached hydrogen (secondary N) is 1. The molecule has 100 valence electrons. The number of hydrogen-bond donors (Lipinski definition) is 1. The summed E-state index contributed by atoms with van der Waals surface area (Å²) in [5.41, 5.74) is 0. The lowest BCUT2D eigenvalue weighted by Gasteiger charge is -2.43. The van der Waals surface area contributed by atoms with Gasteiger partial charge >= 0.3 is 0 Å². The van der Waals surface area contributed by atoms with Gasteiger partial charge in [-0.25, -0.2) is 0 Å². The maximum Gasteiger partial charge on any atom is 0.139 e. The van der Waals surface area contributed by atoms with Gasteiger partial charge in [0.2, 0.25) is 0 Å². The molecule has 1 fully saturated rings. The number of methoxy groups -OCH3 is 1. The van der Waals surface area contributed by atoms with Gasteiger partial charge in [-0.3, -0.25) is 4.98 Å². The third kappa shape index (κ3) is 3.22. The molecule has 1 N–H and O–H groups in total. The molecule has 5 heteroatoms. The molecule has 1 heterocycles. The Balaban J connectivity index is 1.88. The van der Waals surface area contributed by atoms with Crippen LogP contribution in [0.2, 0.25) is 0 Å². The van der Waals surface area contributed by atoms with Crippen molar-refractivity contribution in [1.82, 2.24) is 10.3 Å². The summed E-state index contributed by atoms with van der Waals surface area (Å²) in [6.07, 6.45) is 5.81. The maximum absolute atomic E-state index is 5.89. The van der Waals surface area contributed by atoms with E-state index in [-0.39, 0.29) is 12.2 Å². The van der Waals surface area contributed by atoms with E-state index in [2.05, 4.69) is 33.2 Å². The first-order chi connectivity index (χ1) is 8.74. The molecule has 1 aliphatic carbocycles. The van der Waals surface area contributed by atoms with Gasteiger partial charge < -0.3 is 14.8 Å². The predicted octanol–water partition coefficient (Wildman–Crippen LogP) is 2.38. The van der Waals surface area contributed by atoms with Crippen molar-refractivity contribution in [3.05, 3.63) is 22.9 Å². The minimum atomic E-state index is 0.112. The average Bonchev–Trinajstić information content (AvgIpc) is 2.33. The topological polar surface area (TPSA) is 43.4 Å². The van der Waals surface area contributed by atoms with Crippen molar-refractivity contribution >= 4 is 15.9 Å². The number of rotatable bonds is 6. The lowest BCUT2D eigenvalue weighted by atomic mass is 9.85. The van der Waals surface area contributed by atoms with E-state index in [4.69, 9.17) is 9.47 Å². The molecule has 0 spiro atoms. The number of hydrogen-bond acceptors (Lipinski definition) is 4. The van der Waals surface area contributed by atoms with Gasteiger partial charge in [0.05, 0.1) is 6.20 Å². The first-order valence-corrected chi connectivity index (χ1v) is 7.07. The Labute approximate surface area is 116 Å². The van der Waals surface area contributed by atoms with Crippen molar-refractivity contribution < 1.29 is 9.47 Å². The van der Waals surface area contributed by atoms with Crippen LogP contribution in [0.15, 0.2) is 22.9 Å². The number of halogens is 1. The lowest BCUT2D eigenvalue weighted by molar-refractivity contribution is -0.0888. The quantitative estimate of drug-likeness (QED) is 0.875. The Morgan fingerprint density at radius 2 is 2.33 bits per heavy atom. The molecule has 1 aromatic rings. The van der Waals surface area contributed by atoms with Gasteiger partial charge in [0.25, 0.3) is 0 Å². The summed E-state index contributed by atoms with van der Waals surface area (Å²) < 4.78 is 12.3. The normalized spacial score (nSPS) is 26.7. The van der Waals surface area contributed by atoms with Crippen molar-refractivity contribution in [2.75, 3.05) is 13.7 Å². The second-order valence-electron chi connectivity index (χ2n) is 4.49. The summed E-state index contributed by atoms with van der Waals surface area (Å²) in [6, 6.07) is 2.33. The van der Waals surface area contributed by atoms with Gasteiger partial charge in [-0.15, -0.1) is 0 Å². The summed E-state index contributed by atoms with van der Waals surface area (Å²) in [7, 11) is 1.74. The van der Waals surface area contributed by atoms with E-state index in [0.29, 0.717) is 6.04 Å². The van der Waals surface area contributed by atoms with Crippen molar-refractivity contribution in [3.63, 3.8) is 0 Å². The highest BCUT2D eigenvalue weighted by molar-refractivity contribution is 9.10. The Bertz CT molecular complexity index is 389. The molecule has 0 amide bonds. The molecule has 0 aliphatic heterocycles. The van der Waals surface area contributed by atoms with Crippen LogP contribution in [-0.2, 0) is 4.74 Å². The van der Waals surface area contributed by atoms with E-state index in [9.17, 15) is 0 Å². The van der Waals surface area contributed by atoms with Crippen molar-refractivity contribution in [1.29, 1.82) is 0 Å². The van der Waals surface area contributed by atoms with E-state index < -0.39 is 0 Å². The highest BCUT2D eigenvalue weighted by Crippen LogP contribution is 2.29. The molecule has 2 rings (SSSR count). The van der Waals surface area contributed by atoms with Crippen LogP contribution in [0.4, 0.5) is 0 Å². The molecular weight excluding hydrogens is 296 g/mol. The summed E-state index contributed by atoms with van der Waals surface area (Å²) >= 11 is 3.38. The van der Waals surface area contributed by atoms with Crippen molar-refractivity contribution in [2.45, 2.75) is 38.0 Å². The van der Waals surface area contributed by atoms with Crippen LogP contribution >= 0.6 is 15.9 Å². The zero-order chi connectivity index (χ0) is 13.0. The molecule has 4 nitrogen and oxygen atoms in total. The van der Waals surface area contributed by atoms with E-state index in [0.717, 1.165) is 29.6 Å². The van der Waals surface area contributed by atoms with Gasteiger partial charge in [0.15, 0.2) is 0 Å². The lowest BCUT2D eigenvalue weighted by Crippen LogP contribution is -2.61. The van der Waals surface area contributed by atoms with E-state index in [1.54, 1.807) is 19.5 Å². The van der Waals surface area contributed by atoms with Gasteiger partial charge in [0, 0.05) is 30.2 Å². The summed E-state index contributed by atoms with van der Waals surface area (Å²) in [5, 5.41) is 3.47.